The number of carbonyl (C=O) groups is 3. The van der Waals surface area contributed by atoms with Gasteiger partial charge in [-0.05, 0) is 36.3 Å². The number of aryl methyl sites for hydroxylation is 1. The van der Waals surface area contributed by atoms with E-state index in [0.29, 0.717) is 43.6 Å². The predicted molar refractivity (Wildman–Crippen MR) is 107 cm³/mol. The Morgan fingerprint density at radius 3 is 2.45 bits per heavy atom. The summed E-state index contributed by atoms with van der Waals surface area (Å²) in [5, 5.41) is 2.22. The van der Waals surface area contributed by atoms with Crippen molar-refractivity contribution >= 4 is 35.5 Å². The van der Waals surface area contributed by atoms with Crippen molar-refractivity contribution in [3.05, 3.63) is 53.3 Å². The Balaban J connectivity index is 1.60. The van der Waals surface area contributed by atoms with Crippen LogP contribution in [0.2, 0.25) is 0 Å². The normalized spacial score (nSPS) is 19.1. The molecule has 3 heterocycles. The average molecular weight is 395 g/mol. The number of nitrogens with zero attached hydrogens (tertiary/aromatic N) is 2. The fraction of sp³-hybridized carbons (Fsp3) is 0.286. The van der Waals surface area contributed by atoms with Crippen LogP contribution in [0.25, 0.3) is 6.08 Å². The second kappa shape index (κ2) is 7.92. The summed E-state index contributed by atoms with van der Waals surface area (Å²) in [6, 6.07) is 9.77. The van der Waals surface area contributed by atoms with Crippen molar-refractivity contribution < 1.29 is 23.5 Å². The molecule has 4 rings (SSSR count). The SMILES string of the molecule is CCc1ccc(N2C(=O)NC(=O)/C(=C/c3ccc(N4CCOCC4)o3)C2=O)cc1. The van der Waals surface area contributed by atoms with Gasteiger partial charge in [0.05, 0.1) is 18.9 Å². The van der Waals surface area contributed by atoms with Gasteiger partial charge in [-0.2, -0.15) is 0 Å². The molecule has 0 saturated carbocycles. The van der Waals surface area contributed by atoms with Crippen LogP contribution in [0.5, 0.6) is 0 Å². The monoisotopic (exact) mass is 395 g/mol. The van der Waals surface area contributed by atoms with Gasteiger partial charge in [0.2, 0.25) is 0 Å². The summed E-state index contributed by atoms with van der Waals surface area (Å²) < 4.78 is 11.1. The van der Waals surface area contributed by atoms with Gasteiger partial charge in [-0.3, -0.25) is 14.9 Å². The smallest absolute Gasteiger partial charge is 0.335 e. The van der Waals surface area contributed by atoms with E-state index in [4.69, 9.17) is 9.15 Å². The molecule has 1 aromatic carbocycles. The minimum Gasteiger partial charge on any atom is -0.441 e. The standard InChI is InChI=1S/C21H21N3O5/c1-2-14-3-5-15(6-4-14)24-20(26)17(19(25)22-21(24)27)13-16-7-8-18(29-16)23-9-11-28-12-10-23/h3-8,13H,2,9-12H2,1H3,(H,22,25,27)/b17-13-. The number of imide groups is 2. The molecule has 4 amide bonds. The third-order valence-electron chi connectivity index (χ3n) is 4.93. The largest absolute Gasteiger partial charge is 0.441 e. The first-order valence-electron chi connectivity index (χ1n) is 9.49. The lowest BCUT2D eigenvalue weighted by Crippen LogP contribution is -2.54. The molecule has 150 valence electrons. The zero-order valence-electron chi connectivity index (χ0n) is 16.0. The number of rotatable bonds is 4. The molecule has 0 unspecified atom stereocenters. The topological polar surface area (TPSA) is 92.1 Å². The number of urea groups is 1. The first kappa shape index (κ1) is 18.9. The third kappa shape index (κ3) is 3.79. The van der Waals surface area contributed by atoms with Gasteiger partial charge in [0.15, 0.2) is 5.88 Å². The second-order valence-electron chi connectivity index (χ2n) is 6.75. The molecule has 2 aromatic rings. The van der Waals surface area contributed by atoms with E-state index in [0.717, 1.165) is 16.9 Å². The molecule has 2 aliphatic rings. The minimum atomic E-state index is -0.769. The highest BCUT2D eigenvalue weighted by Crippen LogP contribution is 2.25. The van der Waals surface area contributed by atoms with Crippen LogP contribution in [0, 0.1) is 0 Å². The van der Waals surface area contributed by atoms with Gasteiger partial charge in [-0.15, -0.1) is 0 Å². The Kier molecular flexibility index (Phi) is 5.18. The Labute approximate surface area is 167 Å². The fourth-order valence-corrected chi connectivity index (χ4v) is 3.29. The van der Waals surface area contributed by atoms with Crippen molar-refractivity contribution in [2.75, 3.05) is 36.1 Å². The Morgan fingerprint density at radius 2 is 1.76 bits per heavy atom. The summed E-state index contributed by atoms with van der Waals surface area (Å²) in [5.41, 5.74) is 1.32. The van der Waals surface area contributed by atoms with Crippen LogP contribution in [0.4, 0.5) is 16.4 Å². The van der Waals surface area contributed by atoms with E-state index in [9.17, 15) is 14.4 Å². The molecule has 1 N–H and O–H groups in total. The van der Waals surface area contributed by atoms with E-state index in [1.165, 1.54) is 6.08 Å². The van der Waals surface area contributed by atoms with E-state index in [-0.39, 0.29) is 5.57 Å². The number of benzene rings is 1. The summed E-state index contributed by atoms with van der Waals surface area (Å²) in [5.74, 6) is -0.425. The van der Waals surface area contributed by atoms with Gasteiger partial charge in [-0.1, -0.05) is 19.1 Å². The molecule has 8 nitrogen and oxygen atoms in total. The quantitative estimate of drug-likeness (QED) is 0.631. The van der Waals surface area contributed by atoms with E-state index >= 15 is 0 Å². The van der Waals surface area contributed by atoms with Gasteiger partial charge < -0.3 is 14.1 Å². The Morgan fingerprint density at radius 1 is 1.03 bits per heavy atom. The summed E-state index contributed by atoms with van der Waals surface area (Å²) in [7, 11) is 0. The minimum absolute atomic E-state index is 0.160. The maximum atomic E-state index is 12.9. The number of anilines is 2. The van der Waals surface area contributed by atoms with Crippen LogP contribution in [0.3, 0.4) is 0 Å². The molecule has 0 spiro atoms. The summed E-state index contributed by atoms with van der Waals surface area (Å²) in [6.07, 6.45) is 2.20. The van der Waals surface area contributed by atoms with Crippen molar-refractivity contribution in [3.63, 3.8) is 0 Å². The number of morpholine rings is 1. The van der Waals surface area contributed by atoms with E-state index < -0.39 is 17.8 Å². The lowest BCUT2D eigenvalue weighted by atomic mass is 10.1. The first-order chi connectivity index (χ1) is 14.1. The van der Waals surface area contributed by atoms with Crippen LogP contribution < -0.4 is 15.1 Å². The molecule has 0 atom stereocenters. The van der Waals surface area contributed by atoms with Crippen molar-refractivity contribution in [1.29, 1.82) is 0 Å². The Bertz CT molecular complexity index is 970. The van der Waals surface area contributed by atoms with Crippen LogP contribution >= 0.6 is 0 Å². The van der Waals surface area contributed by atoms with Gasteiger partial charge in [0, 0.05) is 19.2 Å². The van der Waals surface area contributed by atoms with Gasteiger partial charge >= 0.3 is 6.03 Å². The molecule has 0 radical (unpaired) electrons. The highest BCUT2D eigenvalue weighted by Gasteiger charge is 2.37. The summed E-state index contributed by atoms with van der Waals surface area (Å²) in [4.78, 5) is 40.5. The number of carbonyl (C=O) groups excluding carboxylic acids is 3. The van der Waals surface area contributed by atoms with Crippen LogP contribution in [-0.2, 0) is 20.7 Å². The highest BCUT2D eigenvalue weighted by molar-refractivity contribution is 6.39. The van der Waals surface area contributed by atoms with Gasteiger partial charge in [0.25, 0.3) is 11.8 Å². The highest BCUT2D eigenvalue weighted by atomic mass is 16.5. The lowest BCUT2D eigenvalue weighted by molar-refractivity contribution is -0.122. The molecule has 29 heavy (non-hydrogen) atoms. The zero-order chi connectivity index (χ0) is 20.4. The summed E-state index contributed by atoms with van der Waals surface area (Å²) >= 11 is 0. The van der Waals surface area contributed by atoms with Crippen LogP contribution in [-0.4, -0.2) is 44.1 Å². The van der Waals surface area contributed by atoms with Crippen molar-refractivity contribution in [2.24, 2.45) is 0 Å². The van der Waals surface area contributed by atoms with E-state index in [1.54, 1.807) is 24.3 Å². The molecule has 2 aliphatic heterocycles. The van der Waals surface area contributed by atoms with Gasteiger partial charge in [0.1, 0.15) is 11.3 Å². The number of furan rings is 1. The number of amides is 4. The average Bonchev–Trinajstić information content (AvgIpc) is 3.21. The molecule has 8 heteroatoms. The first-order valence-corrected chi connectivity index (χ1v) is 9.49. The number of ether oxygens (including phenoxy) is 1. The number of hydrogen-bond donors (Lipinski definition) is 1. The number of nitrogens with one attached hydrogen (secondary N) is 1. The molecule has 1 aromatic heterocycles. The third-order valence-corrected chi connectivity index (χ3v) is 4.93. The molecular weight excluding hydrogens is 374 g/mol. The summed E-state index contributed by atoms with van der Waals surface area (Å²) in [6.45, 7) is 4.66. The number of hydrogen-bond acceptors (Lipinski definition) is 6. The predicted octanol–water partition coefficient (Wildman–Crippen LogP) is 2.35. The second-order valence-corrected chi connectivity index (χ2v) is 6.75. The molecule has 2 saturated heterocycles. The number of barbiturate groups is 1. The fourth-order valence-electron chi connectivity index (χ4n) is 3.29. The van der Waals surface area contributed by atoms with E-state index in [2.05, 4.69) is 5.32 Å². The molecule has 0 bridgehead atoms. The van der Waals surface area contributed by atoms with E-state index in [1.807, 2.05) is 24.0 Å². The molecule has 2 fully saturated rings. The van der Waals surface area contributed by atoms with Crippen LogP contribution in [0.15, 0.2) is 46.4 Å². The van der Waals surface area contributed by atoms with Crippen molar-refractivity contribution in [1.82, 2.24) is 5.32 Å². The maximum Gasteiger partial charge on any atom is 0.335 e. The molecular formula is C21H21N3O5. The van der Waals surface area contributed by atoms with Crippen LogP contribution in [0.1, 0.15) is 18.2 Å². The Hall–Kier alpha value is -3.39. The van der Waals surface area contributed by atoms with Gasteiger partial charge in [-0.25, -0.2) is 9.69 Å². The van der Waals surface area contributed by atoms with Crippen molar-refractivity contribution in [3.8, 4) is 0 Å². The maximum absolute atomic E-state index is 12.9. The van der Waals surface area contributed by atoms with Crippen molar-refractivity contribution in [2.45, 2.75) is 13.3 Å². The lowest BCUT2D eigenvalue weighted by Gasteiger charge is -2.26. The zero-order valence-corrected chi connectivity index (χ0v) is 16.0. The molecule has 0 aliphatic carbocycles.